The molecule has 0 atom stereocenters. The van der Waals surface area contributed by atoms with E-state index in [4.69, 9.17) is 4.42 Å². The summed E-state index contributed by atoms with van der Waals surface area (Å²) in [4.78, 5) is 11.9. The highest BCUT2D eigenvalue weighted by atomic mass is 79.9. The van der Waals surface area contributed by atoms with E-state index in [1.807, 2.05) is 31.4 Å². The number of nitrogens with one attached hydrogen (secondary N) is 1. The third-order valence-electron chi connectivity index (χ3n) is 2.51. The predicted octanol–water partition coefficient (Wildman–Crippen LogP) is 3.73. The Balaban J connectivity index is 1.86. The number of anilines is 1. The fourth-order valence-electron chi connectivity index (χ4n) is 1.56. The summed E-state index contributed by atoms with van der Waals surface area (Å²) in [6.07, 6.45) is 1.96. The molecule has 0 aliphatic carbocycles. The highest BCUT2D eigenvalue weighted by molar-refractivity contribution is 9.10. The van der Waals surface area contributed by atoms with E-state index < -0.39 is 0 Å². The average Bonchev–Trinajstić information content (AvgIpc) is 2.88. The fourth-order valence-corrected chi connectivity index (χ4v) is 2.98. The van der Waals surface area contributed by atoms with Crippen LogP contribution in [0.15, 0.2) is 32.3 Å². The van der Waals surface area contributed by atoms with Crippen molar-refractivity contribution in [2.45, 2.75) is 17.9 Å². The predicted molar refractivity (Wildman–Crippen MR) is 89.7 cm³/mol. The second-order valence-corrected chi connectivity index (χ2v) is 6.90. The van der Waals surface area contributed by atoms with Crippen molar-refractivity contribution in [2.24, 2.45) is 0 Å². The second-order valence-electron chi connectivity index (χ2n) is 4.19. The van der Waals surface area contributed by atoms with Gasteiger partial charge in [-0.15, -0.1) is 10.2 Å². The number of hydrogen-bond donors (Lipinski definition) is 1. The second kappa shape index (κ2) is 7.86. The summed E-state index contributed by atoms with van der Waals surface area (Å²) in [5, 5.41) is 11.1. The van der Waals surface area contributed by atoms with Gasteiger partial charge in [-0.25, -0.2) is 0 Å². The molecule has 0 radical (unpaired) electrons. The number of benzene rings is 1. The summed E-state index contributed by atoms with van der Waals surface area (Å²) in [5.74, 6) is 1.39. The molecule has 1 amide bonds. The van der Waals surface area contributed by atoms with Crippen molar-refractivity contribution in [1.29, 1.82) is 0 Å². The van der Waals surface area contributed by atoms with E-state index in [9.17, 15) is 4.79 Å². The largest absolute Gasteiger partial charge is 0.415 e. The van der Waals surface area contributed by atoms with E-state index in [0.29, 0.717) is 16.9 Å². The first-order valence-electron chi connectivity index (χ1n) is 6.08. The standard InChI is InChI=1S/C13H14BrN3O2S2/c1-8-5-9(14)3-4-10(8)15-11(18)6-21-13-17-16-12(19-13)7-20-2/h3-5H,6-7H2,1-2H3,(H,15,18). The number of amides is 1. The first kappa shape index (κ1) is 16.4. The smallest absolute Gasteiger partial charge is 0.277 e. The monoisotopic (exact) mass is 387 g/mol. The van der Waals surface area contributed by atoms with Crippen LogP contribution in [0, 0.1) is 6.92 Å². The molecule has 1 aromatic heterocycles. The van der Waals surface area contributed by atoms with E-state index in [0.717, 1.165) is 15.7 Å². The van der Waals surface area contributed by atoms with Crippen molar-refractivity contribution < 1.29 is 9.21 Å². The number of aryl methyl sites for hydroxylation is 1. The molecule has 0 spiro atoms. The molecule has 0 aliphatic rings. The van der Waals surface area contributed by atoms with Gasteiger partial charge in [0.25, 0.3) is 5.22 Å². The van der Waals surface area contributed by atoms with Crippen LogP contribution in [0.3, 0.4) is 0 Å². The number of rotatable bonds is 6. The molecule has 0 unspecified atom stereocenters. The minimum absolute atomic E-state index is 0.102. The zero-order valence-corrected chi connectivity index (χ0v) is 14.8. The van der Waals surface area contributed by atoms with E-state index in [-0.39, 0.29) is 11.7 Å². The molecular formula is C13H14BrN3O2S2. The van der Waals surface area contributed by atoms with Crippen LogP contribution < -0.4 is 5.32 Å². The quantitative estimate of drug-likeness (QED) is 0.761. The van der Waals surface area contributed by atoms with Crippen molar-refractivity contribution in [3.05, 3.63) is 34.1 Å². The molecule has 1 aromatic carbocycles. The summed E-state index contributed by atoms with van der Waals surface area (Å²) in [6, 6.07) is 5.71. The minimum atomic E-state index is -0.102. The third kappa shape index (κ3) is 5.05. The van der Waals surface area contributed by atoms with Gasteiger partial charge in [0.15, 0.2) is 0 Å². The zero-order valence-electron chi connectivity index (χ0n) is 11.6. The van der Waals surface area contributed by atoms with Crippen LogP contribution in [0.2, 0.25) is 0 Å². The van der Waals surface area contributed by atoms with E-state index >= 15 is 0 Å². The number of hydrogen-bond acceptors (Lipinski definition) is 6. The lowest BCUT2D eigenvalue weighted by Gasteiger charge is -2.07. The SMILES string of the molecule is CSCc1nnc(SCC(=O)Nc2ccc(Br)cc2C)o1. The van der Waals surface area contributed by atoms with Crippen LogP contribution in [-0.4, -0.2) is 28.1 Å². The van der Waals surface area contributed by atoms with Crippen molar-refractivity contribution in [3.63, 3.8) is 0 Å². The first-order chi connectivity index (χ1) is 10.1. The van der Waals surface area contributed by atoms with Gasteiger partial charge in [0.05, 0.1) is 11.5 Å². The molecule has 112 valence electrons. The molecular weight excluding hydrogens is 374 g/mol. The number of aromatic nitrogens is 2. The summed E-state index contributed by atoms with van der Waals surface area (Å²) in [6.45, 7) is 1.94. The van der Waals surface area contributed by atoms with Crippen LogP contribution in [-0.2, 0) is 10.5 Å². The summed E-state index contributed by atoms with van der Waals surface area (Å²) >= 11 is 6.23. The molecule has 0 aliphatic heterocycles. The summed E-state index contributed by atoms with van der Waals surface area (Å²) < 4.78 is 6.38. The third-order valence-corrected chi connectivity index (χ3v) is 4.35. The molecule has 2 rings (SSSR count). The van der Waals surface area contributed by atoms with Crippen LogP contribution in [0.25, 0.3) is 0 Å². The van der Waals surface area contributed by atoms with Gasteiger partial charge in [-0.3, -0.25) is 4.79 Å². The van der Waals surface area contributed by atoms with Gasteiger partial charge in [-0.05, 0) is 36.9 Å². The topological polar surface area (TPSA) is 68.0 Å². The maximum atomic E-state index is 11.9. The molecule has 8 heteroatoms. The Hall–Kier alpha value is -0.990. The average molecular weight is 388 g/mol. The van der Waals surface area contributed by atoms with E-state index in [1.165, 1.54) is 11.8 Å². The number of carbonyl (C=O) groups excluding carboxylic acids is 1. The van der Waals surface area contributed by atoms with Gasteiger partial charge in [0, 0.05) is 10.2 Å². The minimum Gasteiger partial charge on any atom is -0.415 e. The maximum absolute atomic E-state index is 11.9. The van der Waals surface area contributed by atoms with Crippen molar-refractivity contribution in [2.75, 3.05) is 17.3 Å². The van der Waals surface area contributed by atoms with Gasteiger partial charge < -0.3 is 9.73 Å². The van der Waals surface area contributed by atoms with E-state index in [2.05, 4.69) is 31.4 Å². The van der Waals surface area contributed by atoms with Gasteiger partial charge >= 0.3 is 0 Å². The normalized spacial score (nSPS) is 10.6. The molecule has 0 saturated carbocycles. The van der Waals surface area contributed by atoms with Crippen molar-refractivity contribution in [1.82, 2.24) is 10.2 Å². The van der Waals surface area contributed by atoms with Gasteiger partial charge in [0.2, 0.25) is 11.8 Å². The lowest BCUT2D eigenvalue weighted by Crippen LogP contribution is -2.14. The van der Waals surface area contributed by atoms with Crippen molar-refractivity contribution in [3.8, 4) is 0 Å². The molecule has 0 saturated heterocycles. The number of thioether (sulfide) groups is 2. The van der Waals surface area contributed by atoms with Crippen molar-refractivity contribution >= 4 is 51.0 Å². The number of halogens is 1. The Labute approximate surface area is 139 Å². The fraction of sp³-hybridized carbons (Fsp3) is 0.308. The Morgan fingerprint density at radius 1 is 1.43 bits per heavy atom. The Kier molecular flexibility index (Phi) is 6.13. The maximum Gasteiger partial charge on any atom is 0.277 e. The first-order valence-corrected chi connectivity index (χ1v) is 9.26. The Bertz CT molecular complexity index is 634. The summed E-state index contributed by atoms with van der Waals surface area (Å²) in [5.41, 5.74) is 1.81. The van der Waals surface area contributed by atoms with Gasteiger partial charge in [-0.1, -0.05) is 27.7 Å². The number of carbonyl (C=O) groups is 1. The highest BCUT2D eigenvalue weighted by Crippen LogP contribution is 2.21. The number of nitrogens with zero attached hydrogens (tertiary/aromatic N) is 2. The van der Waals surface area contributed by atoms with Crippen LogP contribution in [0.4, 0.5) is 5.69 Å². The molecule has 5 nitrogen and oxygen atoms in total. The van der Waals surface area contributed by atoms with Crippen LogP contribution in [0.1, 0.15) is 11.5 Å². The molecule has 1 N–H and O–H groups in total. The molecule has 2 aromatic rings. The Morgan fingerprint density at radius 3 is 2.95 bits per heavy atom. The lowest BCUT2D eigenvalue weighted by molar-refractivity contribution is -0.113. The molecule has 0 fully saturated rings. The van der Waals surface area contributed by atoms with Crippen LogP contribution >= 0.6 is 39.5 Å². The van der Waals surface area contributed by atoms with Gasteiger partial charge in [-0.2, -0.15) is 11.8 Å². The lowest BCUT2D eigenvalue weighted by atomic mass is 10.2. The zero-order chi connectivity index (χ0) is 15.2. The summed E-state index contributed by atoms with van der Waals surface area (Å²) in [7, 11) is 0. The molecule has 21 heavy (non-hydrogen) atoms. The molecule has 0 bridgehead atoms. The van der Waals surface area contributed by atoms with Gasteiger partial charge in [0.1, 0.15) is 0 Å². The highest BCUT2D eigenvalue weighted by Gasteiger charge is 2.10. The Morgan fingerprint density at radius 2 is 2.24 bits per heavy atom. The molecule has 1 heterocycles. The van der Waals surface area contributed by atoms with E-state index in [1.54, 1.807) is 11.8 Å². The van der Waals surface area contributed by atoms with Crippen LogP contribution in [0.5, 0.6) is 0 Å².